The van der Waals surface area contributed by atoms with Crippen molar-refractivity contribution in [1.82, 2.24) is 4.98 Å². The molecule has 1 aromatic carbocycles. The molecule has 1 unspecified atom stereocenters. The average molecular weight is 412 g/mol. The van der Waals surface area contributed by atoms with Gasteiger partial charge in [0.15, 0.2) is 6.61 Å². The number of nitrogens with two attached hydrogens (primary N) is 1. The van der Waals surface area contributed by atoms with Gasteiger partial charge >= 0.3 is 6.18 Å². The Kier molecular flexibility index (Phi) is 5.85. The lowest BCUT2D eigenvalue weighted by atomic mass is 10.0. The molecule has 0 aliphatic carbocycles. The van der Waals surface area contributed by atoms with Crippen LogP contribution < -0.4 is 15.8 Å². The van der Waals surface area contributed by atoms with E-state index in [-0.39, 0.29) is 23.0 Å². The third kappa shape index (κ3) is 5.56. The van der Waals surface area contributed by atoms with Crippen molar-refractivity contribution in [2.45, 2.75) is 18.6 Å². The highest BCUT2D eigenvalue weighted by Crippen LogP contribution is 2.29. The lowest BCUT2D eigenvalue weighted by Crippen LogP contribution is -2.24. The summed E-state index contributed by atoms with van der Waals surface area (Å²) in [6.45, 7) is -1.17. The van der Waals surface area contributed by atoms with Gasteiger partial charge in [0.25, 0.3) is 11.9 Å². The van der Waals surface area contributed by atoms with Crippen LogP contribution in [-0.2, 0) is 4.74 Å². The van der Waals surface area contributed by atoms with Crippen LogP contribution in [0, 0.1) is 5.82 Å². The van der Waals surface area contributed by atoms with Gasteiger partial charge in [-0.1, -0.05) is 0 Å². The molecule has 0 bridgehead atoms. The summed E-state index contributed by atoms with van der Waals surface area (Å²) in [6, 6.07) is 5.83. The molecular weight excluding hydrogens is 396 g/mol. The summed E-state index contributed by atoms with van der Waals surface area (Å²) >= 11 is 0. The highest BCUT2D eigenvalue weighted by atomic mass is 19.4. The Bertz CT molecular complexity index is 916. The summed E-state index contributed by atoms with van der Waals surface area (Å²) in [5, 5.41) is 2.55. The molecule has 3 N–H and O–H groups in total. The van der Waals surface area contributed by atoms with Gasteiger partial charge in [-0.15, -0.1) is 0 Å². The fourth-order valence-electron chi connectivity index (χ4n) is 2.59. The maximum absolute atomic E-state index is 14.2. The highest BCUT2D eigenvalue weighted by molar-refractivity contribution is 6.02. The molecule has 0 saturated carbocycles. The summed E-state index contributed by atoms with van der Waals surface area (Å²) in [4.78, 5) is 20.1. The number of hydrogen-bond donors (Lipinski definition) is 2. The summed E-state index contributed by atoms with van der Waals surface area (Å²) in [5.74, 6) is -1.26. The standard InChI is InChI=1S/C18H16F4N4O3/c19-13-3-1-10(7-12(13)14-5-6-28-17(23)26-14)25-16(27)15-4-2-11(8-24-15)29-9-18(20,21)22/h1-4,7-8,14H,5-6,9H2,(H2,23,26)(H,25,27). The molecule has 1 amide bonds. The summed E-state index contributed by atoms with van der Waals surface area (Å²) < 4.78 is 60.2. The molecule has 11 heteroatoms. The Morgan fingerprint density at radius 1 is 1.31 bits per heavy atom. The van der Waals surface area contributed by atoms with Gasteiger partial charge in [0.2, 0.25) is 0 Å². The normalized spacial score (nSPS) is 16.6. The van der Waals surface area contributed by atoms with Gasteiger partial charge in [-0.2, -0.15) is 13.2 Å². The number of carbonyl (C=O) groups is 1. The summed E-state index contributed by atoms with van der Waals surface area (Å²) in [5.41, 5.74) is 6.01. The number of amides is 1. The second kappa shape index (κ2) is 8.33. The zero-order valence-corrected chi connectivity index (χ0v) is 14.9. The van der Waals surface area contributed by atoms with Crippen LogP contribution in [0.4, 0.5) is 23.2 Å². The molecule has 1 aliphatic heterocycles. The number of pyridine rings is 1. The largest absolute Gasteiger partial charge is 0.483 e. The molecule has 1 aliphatic rings. The number of carbonyl (C=O) groups excluding carboxylic acids is 1. The van der Waals surface area contributed by atoms with Crippen molar-refractivity contribution < 1.29 is 31.8 Å². The fourth-order valence-corrected chi connectivity index (χ4v) is 2.59. The fraction of sp³-hybridized carbons (Fsp3) is 0.278. The van der Waals surface area contributed by atoms with E-state index in [1.54, 1.807) is 0 Å². The van der Waals surface area contributed by atoms with Crippen LogP contribution in [0.1, 0.15) is 28.5 Å². The van der Waals surface area contributed by atoms with Crippen molar-refractivity contribution in [3.63, 3.8) is 0 Å². The van der Waals surface area contributed by atoms with Crippen LogP contribution >= 0.6 is 0 Å². The Labute approximate surface area is 162 Å². The average Bonchev–Trinajstić information content (AvgIpc) is 2.67. The first-order valence-electron chi connectivity index (χ1n) is 8.44. The van der Waals surface area contributed by atoms with Gasteiger partial charge in [0, 0.05) is 17.7 Å². The number of ether oxygens (including phenoxy) is 2. The van der Waals surface area contributed by atoms with Crippen LogP contribution in [0.2, 0.25) is 0 Å². The number of rotatable bonds is 5. The molecule has 2 heterocycles. The number of halogens is 4. The van der Waals surface area contributed by atoms with E-state index in [4.69, 9.17) is 10.5 Å². The lowest BCUT2D eigenvalue weighted by Gasteiger charge is -2.20. The molecule has 1 atom stereocenters. The van der Waals surface area contributed by atoms with Gasteiger partial charge in [-0.05, 0) is 30.3 Å². The number of hydrogen-bond acceptors (Lipinski definition) is 6. The number of alkyl halides is 3. The van der Waals surface area contributed by atoms with Gasteiger partial charge < -0.3 is 20.5 Å². The van der Waals surface area contributed by atoms with E-state index in [0.29, 0.717) is 18.7 Å². The molecule has 7 nitrogen and oxygen atoms in total. The number of anilines is 1. The summed E-state index contributed by atoms with van der Waals surface area (Å²) in [7, 11) is 0. The number of nitrogens with zero attached hydrogens (tertiary/aromatic N) is 2. The van der Waals surface area contributed by atoms with Crippen molar-refractivity contribution in [3.05, 3.63) is 53.6 Å². The zero-order valence-electron chi connectivity index (χ0n) is 14.9. The molecule has 3 rings (SSSR count). The Morgan fingerprint density at radius 3 is 2.76 bits per heavy atom. The van der Waals surface area contributed by atoms with Crippen LogP contribution in [0.3, 0.4) is 0 Å². The minimum atomic E-state index is -4.48. The molecule has 0 radical (unpaired) electrons. The quantitative estimate of drug-likeness (QED) is 0.735. The monoisotopic (exact) mass is 412 g/mol. The number of aromatic nitrogens is 1. The predicted molar refractivity (Wildman–Crippen MR) is 95.1 cm³/mol. The third-order valence-electron chi connectivity index (χ3n) is 3.91. The third-order valence-corrected chi connectivity index (χ3v) is 3.91. The van der Waals surface area contributed by atoms with Gasteiger partial charge in [0.05, 0.1) is 18.8 Å². The smallest absolute Gasteiger partial charge is 0.422 e. The van der Waals surface area contributed by atoms with Crippen molar-refractivity contribution in [2.24, 2.45) is 10.7 Å². The van der Waals surface area contributed by atoms with E-state index in [1.165, 1.54) is 30.3 Å². The van der Waals surface area contributed by atoms with Crippen LogP contribution in [-0.4, -0.2) is 36.3 Å². The van der Waals surface area contributed by atoms with Crippen LogP contribution in [0.5, 0.6) is 5.75 Å². The van der Waals surface area contributed by atoms with Gasteiger partial charge in [-0.3, -0.25) is 4.79 Å². The minimum Gasteiger partial charge on any atom is -0.483 e. The number of benzene rings is 1. The molecule has 29 heavy (non-hydrogen) atoms. The van der Waals surface area contributed by atoms with Crippen LogP contribution in [0.25, 0.3) is 0 Å². The zero-order chi connectivity index (χ0) is 21.0. The van der Waals surface area contributed by atoms with Gasteiger partial charge in [0.1, 0.15) is 17.3 Å². The van der Waals surface area contributed by atoms with E-state index in [0.717, 1.165) is 6.20 Å². The van der Waals surface area contributed by atoms with E-state index in [9.17, 15) is 22.4 Å². The molecular formula is C18H16F4N4O3. The van der Waals surface area contributed by atoms with E-state index >= 15 is 0 Å². The van der Waals surface area contributed by atoms with Crippen molar-refractivity contribution in [1.29, 1.82) is 0 Å². The first-order valence-corrected chi connectivity index (χ1v) is 8.44. The number of aliphatic imine (C=N–C) groups is 1. The Balaban J connectivity index is 1.69. The number of amidine groups is 1. The SMILES string of the molecule is NC1=NC(c2cc(NC(=O)c3ccc(OCC(F)(F)F)cn3)ccc2F)CCO1. The molecule has 0 fully saturated rings. The van der Waals surface area contributed by atoms with Crippen molar-refractivity contribution in [3.8, 4) is 5.75 Å². The minimum absolute atomic E-state index is 0.0351. The first-order chi connectivity index (χ1) is 13.7. The molecule has 2 aromatic rings. The number of nitrogens with one attached hydrogen (secondary N) is 1. The maximum atomic E-state index is 14.2. The second-order valence-corrected chi connectivity index (χ2v) is 6.09. The Hall–Kier alpha value is -3.37. The molecule has 0 spiro atoms. The topological polar surface area (TPSA) is 98.8 Å². The summed E-state index contributed by atoms with van der Waals surface area (Å²) in [6.07, 6.45) is -3.04. The van der Waals surface area contributed by atoms with E-state index < -0.39 is 30.5 Å². The van der Waals surface area contributed by atoms with Crippen molar-refractivity contribution >= 4 is 17.6 Å². The van der Waals surface area contributed by atoms with Crippen molar-refractivity contribution in [2.75, 3.05) is 18.5 Å². The lowest BCUT2D eigenvalue weighted by molar-refractivity contribution is -0.153. The van der Waals surface area contributed by atoms with Gasteiger partial charge in [-0.25, -0.2) is 14.4 Å². The van der Waals surface area contributed by atoms with E-state index in [1.807, 2.05) is 0 Å². The van der Waals surface area contributed by atoms with Crippen LogP contribution in [0.15, 0.2) is 41.5 Å². The second-order valence-electron chi connectivity index (χ2n) is 6.09. The highest BCUT2D eigenvalue weighted by Gasteiger charge is 2.28. The van der Waals surface area contributed by atoms with E-state index in [2.05, 4.69) is 20.0 Å². The maximum Gasteiger partial charge on any atom is 0.422 e. The Morgan fingerprint density at radius 2 is 2.10 bits per heavy atom. The molecule has 0 saturated heterocycles. The first kappa shape index (κ1) is 20.4. The molecule has 1 aromatic heterocycles. The predicted octanol–water partition coefficient (Wildman–Crippen LogP) is 3.19. The molecule has 154 valence electrons.